The Morgan fingerprint density at radius 3 is 2.75 bits per heavy atom. The van der Waals surface area contributed by atoms with Gasteiger partial charge < -0.3 is 5.32 Å². The third-order valence-electron chi connectivity index (χ3n) is 3.63. The highest BCUT2D eigenvalue weighted by molar-refractivity contribution is 9.10. The van der Waals surface area contributed by atoms with Gasteiger partial charge >= 0.3 is 0 Å². The lowest BCUT2D eigenvalue weighted by molar-refractivity contribution is 0.305. The Balaban J connectivity index is 1.64. The van der Waals surface area contributed by atoms with Crippen LogP contribution in [0.5, 0.6) is 0 Å². The largest absolute Gasteiger partial charge is 0.316 e. The minimum absolute atomic E-state index is 0.875. The molecule has 1 aromatic rings. The molecule has 0 spiro atoms. The van der Waals surface area contributed by atoms with Gasteiger partial charge in [-0.25, -0.2) is 0 Å². The second kappa shape index (κ2) is 4.43. The maximum absolute atomic E-state index is 4.21. The van der Waals surface area contributed by atoms with E-state index in [9.17, 15) is 0 Å². The molecule has 0 aromatic carbocycles. The fourth-order valence-electron chi connectivity index (χ4n) is 2.88. The minimum Gasteiger partial charge on any atom is -0.316 e. The van der Waals surface area contributed by atoms with Gasteiger partial charge in [-0.3, -0.25) is 9.88 Å². The number of nitrogens with one attached hydrogen (secondary N) is 1. The van der Waals surface area contributed by atoms with Gasteiger partial charge in [0, 0.05) is 36.5 Å². The highest BCUT2D eigenvalue weighted by Gasteiger charge is 2.35. The van der Waals surface area contributed by atoms with E-state index in [1.54, 1.807) is 0 Å². The molecule has 1 aromatic heterocycles. The molecule has 0 aliphatic carbocycles. The molecule has 2 atom stereocenters. The van der Waals surface area contributed by atoms with E-state index in [1.807, 2.05) is 12.4 Å². The van der Waals surface area contributed by atoms with Gasteiger partial charge in [0.25, 0.3) is 0 Å². The van der Waals surface area contributed by atoms with E-state index < -0.39 is 0 Å². The maximum Gasteiger partial charge on any atom is 0.0410 e. The van der Waals surface area contributed by atoms with Crippen molar-refractivity contribution in [2.24, 2.45) is 11.8 Å². The smallest absolute Gasteiger partial charge is 0.0410 e. The van der Waals surface area contributed by atoms with Gasteiger partial charge in [0.15, 0.2) is 0 Å². The minimum atomic E-state index is 0.875. The third kappa shape index (κ3) is 2.14. The Bertz CT molecular complexity index is 370. The van der Waals surface area contributed by atoms with Gasteiger partial charge in [-0.1, -0.05) is 0 Å². The Kier molecular flexibility index (Phi) is 2.96. The molecule has 2 aliphatic heterocycles. The van der Waals surface area contributed by atoms with Crippen molar-refractivity contribution >= 4 is 15.9 Å². The number of nitrogens with zero attached hydrogens (tertiary/aromatic N) is 2. The summed E-state index contributed by atoms with van der Waals surface area (Å²) in [6, 6.07) is 2.17. The summed E-state index contributed by atoms with van der Waals surface area (Å²) >= 11 is 3.47. The summed E-state index contributed by atoms with van der Waals surface area (Å²) in [7, 11) is 0. The van der Waals surface area contributed by atoms with Crippen LogP contribution in [-0.2, 0) is 6.54 Å². The number of hydrogen-bond donors (Lipinski definition) is 1. The van der Waals surface area contributed by atoms with Crippen molar-refractivity contribution in [3.8, 4) is 0 Å². The predicted molar refractivity (Wildman–Crippen MR) is 67.1 cm³/mol. The lowest BCUT2D eigenvalue weighted by atomic mass is 10.0. The van der Waals surface area contributed by atoms with Crippen LogP contribution in [0.1, 0.15) is 5.56 Å². The van der Waals surface area contributed by atoms with Crippen molar-refractivity contribution in [1.82, 2.24) is 15.2 Å². The third-order valence-corrected chi connectivity index (χ3v) is 4.07. The van der Waals surface area contributed by atoms with Gasteiger partial charge in [0.1, 0.15) is 0 Å². The summed E-state index contributed by atoms with van der Waals surface area (Å²) in [5.41, 5.74) is 1.31. The van der Waals surface area contributed by atoms with Crippen LogP contribution in [0.15, 0.2) is 22.9 Å². The fourth-order valence-corrected chi connectivity index (χ4v) is 3.29. The average molecular weight is 282 g/mol. The second-order valence-corrected chi connectivity index (χ2v) is 5.80. The van der Waals surface area contributed by atoms with Gasteiger partial charge in [0.05, 0.1) is 0 Å². The standard InChI is InChI=1S/C12H16BrN3/c13-12-1-9(2-14-5-12)6-16-7-10-3-15-4-11(10)8-16/h1-2,5,10-11,15H,3-4,6-8H2. The van der Waals surface area contributed by atoms with E-state index in [0.29, 0.717) is 0 Å². The molecular formula is C12H16BrN3. The van der Waals surface area contributed by atoms with Gasteiger partial charge in [-0.15, -0.1) is 0 Å². The van der Waals surface area contributed by atoms with E-state index in [-0.39, 0.29) is 0 Å². The number of pyridine rings is 1. The van der Waals surface area contributed by atoms with Gasteiger partial charge in [-0.2, -0.15) is 0 Å². The molecule has 3 rings (SSSR count). The average Bonchev–Trinajstić information content (AvgIpc) is 2.77. The summed E-state index contributed by atoms with van der Waals surface area (Å²) in [6.45, 7) is 5.93. The zero-order chi connectivity index (χ0) is 11.0. The second-order valence-electron chi connectivity index (χ2n) is 4.88. The van der Waals surface area contributed by atoms with Crippen LogP contribution in [0, 0.1) is 11.8 Å². The van der Waals surface area contributed by atoms with Crippen LogP contribution in [0.3, 0.4) is 0 Å². The monoisotopic (exact) mass is 281 g/mol. The molecule has 2 fully saturated rings. The Morgan fingerprint density at radius 2 is 2.06 bits per heavy atom. The molecule has 0 bridgehead atoms. The van der Waals surface area contributed by atoms with Crippen LogP contribution < -0.4 is 5.32 Å². The van der Waals surface area contributed by atoms with E-state index in [2.05, 4.69) is 37.2 Å². The SMILES string of the molecule is Brc1cncc(CN2CC3CNCC3C2)c1. The number of likely N-dealkylation sites (tertiary alicyclic amines) is 1. The quantitative estimate of drug-likeness (QED) is 0.891. The van der Waals surface area contributed by atoms with Crippen molar-refractivity contribution in [3.05, 3.63) is 28.5 Å². The molecule has 16 heavy (non-hydrogen) atoms. The lowest BCUT2D eigenvalue weighted by Crippen LogP contribution is -2.25. The van der Waals surface area contributed by atoms with E-state index in [1.165, 1.54) is 31.7 Å². The summed E-state index contributed by atoms with van der Waals surface area (Å²) < 4.78 is 1.08. The van der Waals surface area contributed by atoms with Gasteiger partial charge in [-0.05, 0) is 52.5 Å². The molecule has 4 heteroatoms. The maximum atomic E-state index is 4.21. The zero-order valence-corrected chi connectivity index (χ0v) is 10.8. The Labute approximate surface area is 104 Å². The fraction of sp³-hybridized carbons (Fsp3) is 0.583. The summed E-state index contributed by atoms with van der Waals surface area (Å²) in [5.74, 6) is 1.75. The Morgan fingerprint density at radius 1 is 1.31 bits per heavy atom. The van der Waals surface area contributed by atoms with Crippen molar-refractivity contribution in [3.63, 3.8) is 0 Å². The van der Waals surface area contributed by atoms with Crippen LogP contribution in [0.25, 0.3) is 0 Å². The molecule has 3 heterocycles. The molecule has 2 saturated heterocycles. The first-order chi connectivity index (χ1) is 7.81. The van der Waals surface area contributed by atoms with Crippen LogP contribution in [-0.4, -0.2) is 36.1 Å². The first-order valence-corrected chi connectivity index (χ1v) is 6.63. The molecule has 2 aliphatic rings. The number of rotatable bonds is 2. The van der Waals surface area contributed by atoms with E-state index in [0.717, 1.165) is 22.9 Å². The van der Waals surface area contributed by atoms with E-state index >= 15 is 0 Å². The van der Waals surface area contributed by atoms with Crippen molar-refractivity contribution in [2.45, 2.75) is 6.54 Å². The number of halogens is 1. The first kappa shape index (κ1) is 10.7. The number of hydrogen-bond acceptors (Lipinski definition) is 3. The molecule has 86 valence electrons. The summed E-state index contributed by atoms with van der Waals surface area (Å²) in [6.07, 6.45) is 3.81. The molecule has 2 unspecified atom stereocenters. The topological polar surface area (TPSA) is 28.2 Å². The van der Waals surface area contributed by atoms with Crippen LogP contribution in [0.4, 0.5) is 0 Å². The Hall–Kier alpha value is -0.450. The molecule has 0 radical (unpaired) electrons. The molecular weight excluding hydrogens is 266 g/mol. The lowest BCUT2D eigenvalue weighted by Gasteiger charge is -2.16. The normalized spacial score (nSPS) is 29.6. The van der Waals surface area contributed by atoms with Crippen molar-refractivity contribution in [2.75, 3.05) is 26.2 Å². The number of aromatic nitrogens is 1. The predicted octanol–water partition coefficient (Wildman–Crippen LogP) is 1.50. The van der Waals surface area contributed by atoms with Gasteiger partial charge in [0.2, 0.25) is 0 Å². The van der Waals surface area contributed by atoms with Crippen LogP contribution >= 0.6 is 15.9 Å². The van der Waals surface area contributed by atoms with E-state index in [4.69, 9.17) is 0 Å². The number of fused-ring (bicyclic) bond motifs is 1. The van der Waals surface area contributed by atoms with Crippen molar-refractivity contribution in [1.29, 1.82) is 0 Å². The first-order valence-electron chi connectivity index (χ1n) is 5.84. The molecule has 3 nitrogen and oxygen atoms in total. The van der Waals surface area contributed by atoms with Crippen LogP contribution in [0.2, 0.25) is 0 Å². The molecule has 1 N–H and O–H groups in total. The highest BCUT2D eigenvalue weighted by Crippen LogP contribution is 2.27. The summed E-state index contributed by atoms with van der Waals surface area (Å²) in [4.78, 5) is 6.77. The van der Waals surface area contributed by atoms with Crippen molar-refractivity contribution < 1.29 is 0 Å². The summed E-state index contributed by atoms with van der Waals surface area (Å²) in [5, 5.41) is 3.47. The highest BCUT2D eigenvalue weighted by atomic mass is 79.9. The molecule has 0 saturated carbocycles. The molecule has 0 amide bonds. The zero-order valence-electron chi connectivity index (χ0n) is 9.19.